The summed E-state index contributed by atoms with van der Waals surface area (Å²) < 4.78 is 0. The van der Waals surface area contributed by atoms with Crippen molar-refractivity contribution in [1.82, 2.24) is 20.3 Å². The van der Waals surface area contributed by atoms with Gasteiger partial charge in [0.15, 0.2) is 0 Å². The molecular weight excluding hydrogens is 336 g/mol. The number of carbonyl (C=O) groups is 1. The lowest BCUT2D eigenvalue weighted by molar-refractivity contribution is 0.0946. The molecule has 7 heteroatoms. The SMILES string of the molecule is O=C(NCc1ccc2[nH]c(=O)[nH]c2c1)c1cccc(-c2cccs2)n1. The Morgan fingerprint density at radius 3 is 2.80 bits per heavy atom. The molecule has 6 nitrogen and oxygen atoms in total. The van der Waals surface area contributed by atoms with E-state index in [0.717, 1.165) is 27.2 Å². The molecule has 0 atom stereocenters. The van der Waals surface area contributed by atoms with Crippen LogP contribution < -0.4 is 11.0 Å². The number of aromatic amines is 2. The Labute approximate surface area is 146 Å². The molecule has 1 aromatic carbocycles. The first-order chi connectivity index (χ1) is 12.2. The summed E-state index contributed by atoms with van der Waals surface area (Å²) in [6.07, 6.45) is 0. The Bertz CT molecular complexity index is 1100. The monoisotopic (exact) mass is 350 g/mol. The molecule has 0 fully saturated rings. The third kappa shape index (κ3) is 3.22. The minimum Gasteiger partial charge on any atom is -0.347 e. The van der Waals surface area contributed by atoms with Gasteiger partial charge in [0.05, 0.1) is 21.6 Å². The maximum absolute atomic E-state index is 12.4. The van der Waals surface area contributed by atoms with Gasteiger partial charge in [-0.25, -0.2) is 9.78 Å². The number of pyridine rings is 1. The minimum absolute atomic E-state index is 0.235. The summed E-state index contributed by atoms with van der Waals surface area (Å²) in [7, 11) is 0. The van der Waals surface area contributed by atoms with Crippen molar-refractivity contribution >= 4 is 28.3 Å². The highest BCUT2D eigenvalue weighted by atomic mass is 32.1. The molecular formula is C18H14N4O2S. The van der Waals surface area contributed by atoms with Gasteiger partial charge in [0.25, 0.3) is 5.91 Å². The number of imidazole rings is 1. The van der Waals surface area contributed by atoms with Gasteiger partial charge in [-0.3, -0.25) is 4.79 Å². The van der Waals surface area contributed by atoms with Gasteiger partial charge >= 0.3 is 5.69 Å². The molecule has 4 aromatic rings. The second kappa shape index (κ2) is 6.37. The van der Waals surface area contributed by atoms with E-state index in [1.165, 1.54) is 0 Å². The smallest absolute Gasteiger partial charge is 0.323 e. The Hall–Kier alpha value is -3.19. The number of fused-ring (bicyclic) bond motifs is 1. The topological polar surface area (TPSA) is 90.6 Å². The van der Waals surface area contributed by atoms with E-state index in [1.54, 1.807) is 17.4 Å². The zero-order chi connectivity index (χ0) is 17.2. The maximum atomic E-state index is 12.4. The van der Waals surface area contributed by atoms with Crippen molar-refractivity contribution < 1.29 is 4.79 Å². The molecule has 3 aromatic heterocycles. The van der Waals surface area contributed by atoms with Gasteiger partial charge in [-0.05, 0) is 41.3 Å². The van der Waals surface area contributed by atoms with E-state index in [4.69, 9.17) is 0 Å². The zero-order valence-corrected chi connectivity index (χ0v) is 13.9. The summed E-state index contributed by atoms with van der Waals surface area (Å²) in [4.78, 5) is 34.5. The first kappa shape index (κ1) is 15.3. The van der Waals surface area contributed by atoms with Crippen LogP contribution in [0.1, 0.15) is 16.1 Å². The van der Waals surface area contributed by atoms with E-state index < -0.39 is 0 Å². The highest BCUT2D eigenvalue weighted by molar-refractivity contribution is 7.13. The first-order valence-electron chi connectivity index (χ1n) is 7.69. The van der Waals surface area contributed by atoms with Crippen LogP contribution in [0.4, 0.5) is 0 Å². The number of nitrogens with zero attached hydrogens (tertiary/aromatic N) is 1. The van der Waals surface area contributed by atoms with Gasteiger partial charge in [-0.15, -0.1) is 11.3 Å². The Kier molecular flexibility index (Phi) is 3.91. The summed E-state index contributed by atoms with van der Waals surface area (Å²) in [5.74, 6) is -0.235. The number of carbonyl (C=O) groups excluding carboxylic acids is 1. The fourth-order valence-corrected chi connectivity index (χ4v) is 3.28. The number of H-pyrrole nitrogens is 2. The molecule has 25 heavy (non-hydrogen) atoms. The lowest BCUT2D eigenvalue weighted by Gasteiger charge is -2.06. The summed E-state index contributed by atoms with van der Waals surface area (Å²) in [6.45, 7) is 0.354. The summed E-state index contributed by atoms with van der Waals surface area (Å²) in [6, 6.07) is 14.8. The fraction of sp³-hybridized carbons (Fsp3) is 0.0556. The number of aromatic nitrogens is 3. The second-order valence-corrected chi connectivity index (χ2v) is 6.47. The van der Waals surface area contributed by atoms with E-state index in [1.807, 2.05) is 47.8 Å². The predicted octanol–water partition coefficient (Wildman–Crippen LogP) is 2.91. The summed E-state index contributed by atoms with van der Waals surface area (Å²) in [5, 5.41) is 4.84. The van der Waals surface area contributed by atoms with E-state index in [0.29, 0.717) is 12.2 Å². The molecule has 0 bridgehead atoms. The molecule has 1 amide bonds. The van der Waals surface area contributed by atoms with E-state index in [2.05, 4.69) is 20.3 Å². The van der Waals surface area contributed by atoms with Crippen LogP contribution in [0.25, 0.3) is 21.6 Å². The van der Waals surface area contributed by atoms with Gasteiger partial charge in [-0.1, -0.05) is 18.2 Å². The van der Waals surface area contributed by atoms with Crippen molar-refractivity contribution in [3.8, 4) is 10.6 Å². The summed E-state index contributed by atoms with van der Waals surface area (Å²) >= 11 is 1.58. The number of benzene rings is 1. The predicted molar refractivity (Wildman–Crippen MR) is 97.6 cm³/mol. The maximum Gasteiger partial charge on any atom is 0.323 e. The molecule has 0 aliphatic rings. The fourth-order valence-electron chi connectivity index (χ4n) is 2.59. The van der Waals surface area contributed by atoms with Crippen molar-refractivity contribution in [2.45, 2.75) is 6.54 Å². The second-order valence-electron chi connectivity index (χ2n) is 5.53. The number of rotatable bonds is 4. The highest BCUT2D eigenvalue weighted by Gasteiger charge is 2.09. The highest BCUT2D eigenvalue weighted by Crippen LogP contribution is 2.22. The molecule has 0 radical (unpaired) electrons. The zero-order valence-electron chi connectivity index (χ0n) is 13.1. The van der Waals surface area contributed by atoms with Crippen LogP contribution in [0.15, 0.2) is 58.7 Å². The third-order valence-corrected chi connectivity index (χ3v) is 4.68. The van der Waals surface area contributed by atoms with Crippen molar-refractivity contribution in [3.05, 3.63) is 75.7 Å². The van der Waals surface area contributed by atoms with Gasteiger partial charge in [0.2, 0.25) is 0 Å². The Balaban J connectivity index is 1.49. The quantitative estimate of drug-likeness (QED) is 0.528. The van der Waals surface area contributed by atoms with Gasteiger partial charge in [-0.2, -0.15) is 0 Å². The van der Waals surface area contributed by atoms with Crippen LogP contribution in [0.3, 0.4) is 0 Å². The molecule has 0 saturated heterocycles. The third-order valence-electron chi connectivity index (χ3n) is 3.79. The van der Waals surface area contributed by atoms with Crippen LogP contribution in [-0.2, 0) is 6.54 Å². The van der Waals surface area contributed by atoms with Crippen LogP contribution in [-0.4, -0.2) is 20.9 Å². The molecule has 0 unspecified atom stereocenters. The van der Waals surface area contributed by atoms with E-state index >= 15 is 0 Å². The molecule has 3 N–H and O–H groups in total. The number of thiophene rings is 1. The summed E-state index contributed by atoms with van der Waals surface area (Å²) in [5.41, 5.74) is 3.27. The average molecular weight is 350 g/mol. The van der Waals surface area contributed by atoms with Crippen LogP contribution in [0.5, 0.6) is 0 Å². The lowest BCUT2D eigenvalue weighted by atomic mass is 10.2. The number of hydrogen-bond donors (Lipinski definition) is 3. The van der Waals surface area contributed by atoms with Gasteiger partial charge in [0, 0.05) is 6.54 Å². The largest absolute Gasteiger partial charge is 0.347 e. The molecule has 0 aliphatic carbocycles. The Morgan fingerprint density at radius 1 is 1.08 bits per heavy atom. The van der Waals surface area contributed by atoms with E-state index in [-0.39, 0.29) is 11.6 Å². The number of hydrogen-bond acceptors (Lipinski definition) is 4. The standard InChI is InChI=1S/C18H14N4O2S/c23-17(14-4-1-3-13(20-14)16-5-2-8-25-16)19-10-11-6-7-12-15(9-11)22-18(24)21-12/h1-9H,10H2,(H,19,23)(H2,21,22,24). The number of amides is 1. The first-order valence-corrected chi connectivity index (χ1v) is 8.57. The van der Waals surface area contributed by atoms with Crippen LogP contribution in [0, 0.1) is 0 Å². The molecule has 0 saturated carbocycles. The molecule has 3 heterocycles. The van der Waals surface area contributed by atoms with Crippen LogP contribution in [0.2, 0.25) is 0 Å². The molecule has 0 spiro atoms. The van der Waals surface area contributed by atoms with Gasteiger partial charge in [0.1, 0.15) is 5.69 Å². The lowest BCUT2D eigenvalue weighted by Crippen LogP contribution is -2.23. The van der Waals surface area contributed by atoms with Gasteiger partial charge < -0.3 is 15.3 Å². The minimum atomic E-state index is -0.245. The van der Waals surface area contributed by atoms with E-state index in [9.17, 15) is 9.59 Å². The average Bonchev–Trinajstić information content (AvgIpc) is 3.28. The normalized spacial score (nSPS) is 10.9. The molecule has 124 valence electrons. The van der Waals surface area contributed by atoms with Crippen molar-refractivity contribution in [2.24, 2.45) is 0 Å². The van der Waals surface area contributed by atoms with Crippen molar-refractivity contribution in [1.29, 1.82) is 0 Å². The Morgan fingerprint density at radius 2 is 1.96 bits per heavy atom. The number of nitrogens with one attached hydrogen (secondary N) is 3. The van der Waals surface area contributed by atoms with Crippen molar-refractivity contribution in [2.75, 3.05) is 0 Å². The molecule has 0 aliphatic heterocycles. The molecule has 4 rings (SSSR count). The van der Waals surface area contributed by atoms with Crippen LogP contribution >= 0.6 is 11.3 Å². The van der Waals surface area contributed by atoms with Crippen molar-refractivity contribution in [3.63, 3.8) is 0 Å².